The molecule has 1 aromatic heterocycles. The number of hydrogen-bond acceptors (Lipinski definition) is 6. The van der Waals surface area contributed by atoms with Gasteiger partial charge in [0.05, 0.1) is 30.8 Å². The van der Waals surface area contributed by atoms with E-state index in [2.05, 4.69) is 4.98 Å². The van der Waals surface area contributed by atoms with E-state index in [9.17, 15) is 9.59 Å². The van der Waals surface area contributed by atoms with Crippen LogP contribution in [0.15, 0.2) is 35.8 Å². The Bertz CT molecular complexity index is 1060. The number of anilines is 1. The Labute approximate surface area is 182 Å². The van der Waals surface area contributed by atoms with Gasteiger partial charge in [0.1, 0.15) is 5.01 Å². The van der Waals surface area contributed by atoms with Crippen molar-refractivity contribution in [2.24, 2.45) is 0 Å². The third-order valence-electron chi connectivity index (χ3n) is 4.43. The van der Waals surface area contributed by atoms with Crippen LogP contribution in [0, 0.1) is 0 Å². The zero-order valence-corrected chi connectivity index (χ0v) is 18.4. The number of hydrogen-bond donors (Lipinski definition) is 0. The average molecular weight is 452 g/mol. The van der Waals surface area contributed by atoms with Crippen molar-refractivity contribution in [3.63, 3.8) is 0 Å². The van der Waals surface area contributed by atoms with Crippen LogP contribution in [0.1, 0.15) is 15.4 Å². The first-order valence-electron chi connectivity index (χ1n) is 8.64. The largest absolute Gasteiger partial charge is 0.465 e. The summed E-state index contributed by atoms with van der Waals surface area (Å²) < 4.78 is 4.85. The minimum absolute atomic E-state index is 0.0931. The molecule has 9 heteroatoms. The second-order valence-electron chi connectivity index (χ2n) is 6.50. The van der Waals surface area contributed by atoms with E-state index in [-0.39, 0.29) is 12.5 Å². The van der Waals surface area contributed by atoms with Gasteiger partial charge in [-0.25, -0.2) is 9.78 Å². The van der Waals surface area contributed by atoms with Gasteiger partial charge < -0.3 is 14.5 Å². The first-order chi connectivity index (χ1) is 13.8. The lowest BCUT2D eigenvalue weighted by molar-refractivity contribution is -0.128. The summed E-state index contributed by atoms with van der Waals surface area (Å²) in [6.45, 7) is 0.532. The molecule has 1 amide bonds. The predicted octanol–water partition coefficient (Wildman–Crippen LogP) is 4.48. The highest BCUT2D eigenvalue weighted by Crippen LogP contribution is 2.36. The fraction of sp³-hybridized carbons (Fsp3) is 0.250. The van der Waals surface area contributed by atoms with Gasteiger partial charge in [-0.05, 0) is 29.7 Å². The van der Waals surface area contributed by atoms with Gasteiger partial charge in [0.2, 0.25) is 5.91 Å². The Morgan fingerprint density at radius 3 is 2.59 bits per heavy atom. The van der Waals surface area contributed by atoms with Crippen molar-refractivity contribution in [3.8, 4) is 0 Å². The Morgan fingerprint density at radius 2 is 1.93 bits per heavy atom. The topological polar surface area (TPSA) is 62.7 Å². The van der Waals surface area contributed by atoms with Gasteiger partial charge in [-0.2, -0.15) is 0 Å². The van der Waals surface area contributed by atoms with E-state index >= 15 is 0 Å². The monoisotopic (exact) mass is 451 g/mol. The lowest BCUT2D eigenvalue weighted by atomic mass is 10.0. The third-order valence-corrected chi connectivity index (χ3v) is 5.71. The summed E-state index contributed by atoms with van der Waals surface area (Å²) in [5, 5.41) is 5.03. The molecule has 0 aliphatic rings. The molecule has 0 fully saturated rings. The molecule has 0 N–H and O–H groups in total. The molecule has 152 valence electrons. The number of thiazole rings is 1. The molecule has 0 spiro atoms. The number of amides is 1. The summed E-state index contributed by atoms with van der Waals surface area (Å²) in [6, 6.07) is 6.70. The first kappa shape index (κ1) is 21.4. The van der Waals surface area contributed by atoms with Crippen LogP contribution < -0.4 is 4.90 Å². The van der Waals surface area contributed by atoms with Crippen LogP contribution in [0.4, 0.5) is 5.69 Å². The Hall–Kier alpha value is -2.35. The number of halogens is 2. The Morgan fingerprint density at radius 1 is 1.17 bits per heavy atom. The van der Waals surface area contributed by atoms with Crippen LogP contribution in [0.2, 0.25) is 10.0 Å². The minimum atomic E-state index is -0.482. The first-order valence-corrected chi connectivity index (χ1v) is 10.3. The second-order valence-corrected chi connectivity index (χ2v) is 8.33. The fourth-order valence-corrected chi connectivity index (χ4v) is 4.25. The summed E-state index contributed by atoms with van der Waals surface area (Å²) in [5.74, 6) is -0.575. The zero-order chi connectivity index (χ0) is 21.1. The molecule has 0 aliphatic carbocycles. The van der Waals surface area contributed by atoms with Gasteiger partial charge in [0.25, 0.3) is 0 Å². The maximum Gasteiger partial charge on any atom is 0.337 e. The van der Waals surface area contributed by atoms with Crippen molar-refractivity contribution in [2.75, 3.05) is 32.6 Å². The summed E-state index contributed by atoms with van der Waals surface area (Å²) >= 11 is 14.1. The number of carbonyl (C=O) groups is 2. The summed E-state index contributed by atoms with van der Waals surface area (Å²) in [4.78, 5) is 32.4. The minimum Gasteiger partial charge on any atom is -0.465 e. The second kappa shape index (κ2) is 8.98. The quantitative estimate of drug-likeness (QED) is 0.516. The Kier molecular flexibility index (Phi) is 6.62. The van der Waals surface area contributed by atoms with E-state index in [1.165, 1.54) is 18.4 Å². The van der Waals surface area contributed by atoms with Crippen LogP contribution in [0.3, 0.4) is 0 Å². The molecule has 0 radical (unpaired) electrons. The third kappa shape index (κ3) is 4.80. The fourth-order valence-electron chi connectivity index (χ4n) is 2.97. The number of esters is 1. The summed E-state index contributed by atoms with van der Waals surface area (Å²) in [7, 11) is 4.82. The molecule has 6 nitrogen and oxygen atoms in total. The van der Waals surface area contributed by atoms with E-state index in [0.717, 1.165) is 5.01 Å². The number of likely N-dealkylation sites (N-methyl/N-ethyl adjacent to an activating group) is 2. The molecule has 0 atom stereocenters. The number of rotatable bonds is 6. The van der Waals surface area contributed by atoms with Crippen LogP contribution in [-0.2, 0) is 16.1 Å². The molecule has 1 heterocycles. The lowest BCUT2D eigenvalue weighted by Gasteiger charge is -2.25. The number of aromatic nitrogens is 1. The summed E-state index contributed by atoms with van der Waals surface area (Å²) in [5.41, 5.74) is 0.990. The molecular formula is C20H19Cl2N3O3S. The molecule has 3 aromatic rings. The van der Waals surface area contributed by atoms with Crippen molar-refractivity contribution in [3.05, 3.63) is 56.5 Å². The SMILES string of the molecule is COC(=O)c1cc(N(C)CC(=O)N(C)Cc2nccs2)c2c(Cl)cc(Cl)cc2c1. The average Bonchev–Trinajstić information content (AvgIpc) is 3.18. The maximum absolute atomic E-state index is 12.7. The number of fused-ring (bicyclic) bond motifs is 1. The smallest absolute Gasteiger partial charge is 0.337 e. The number of benzene rings is 2. The van der Waals surface area contributed by atoms with Gasteiger partial charge in [0, 0.05) is 41.8 Å². The Balaban J connectivity index is 1.94. The predicted molar refractivity (Wildman–Crippen MR) is 117 cm³/mol. The molecule has 3 rings (SSSR count). The lowest BCUT2D eigenvalue weighted by Crippen LogP contribution is -2.36. The highest BCUT2D eigenvalue weighted by molar-refractivity contribution is 7.09. The molecule has 0 saturated carbocycles. The number of ether oxygens (including phenoxy) is 1. The standard InChI is InChI=1S/C20H19Cl2N3O3S/c1-24(11-18(26)25(2)10-17-23-4-5-29-17)16-8-13(20(27)28-3)6-12-7-14(21)9-15(22)19(12)16/h4-9H,10-11H2,1-3H3. The summed E-state index contributed by atoms with van der Waals surface area (Å²) in [6.07, 6.45) is 1.71. The van der Waals surface area contributed by atoms with Gasteiger partial charge in [0.15, 0.2) is 0 Å². The van der Waals surface area contributed by atoms with Crippen LogP contribution in [-0.4, -0.2) is 49.5 Å². The molecule has 0 aliphatic heterocycles. The van der Waals surface area contributed by atoms with Gasteiger partial charge >= 0.3 is 5.97 Å². The van der Waals surface area contributed by atoms with Crippen LogP contribution in [0.5, 0.6) is 0 Å². The zero-order valence-electron chi connectivity index (χ0n) is 16.1. The van der Waals surface area contributed by atoms with E-state index in [0.29, 0.717) is 38.6 Å². The van der Waals surface area contributed by atoms with Gasteiger partial charge in [-0.3, -0.25) is 4.79 Å². The van der Waals surface area contributed by atoms with Gasteiger partial charge in [-0.15, -0.1) is 11.3 Å². The van der Waals surface area contributed by atoms with Crippen molar-refractivity contribution in [2.45, 2.75) is 6.54 Å². The molecular weight excluding hydrogens is 433 g/mol. The van der Waals surface area contributed by atoms with Crippen molar-refractivity contribution in [1.82, 2.24) is 9.88 Å². The van der Waals surface area contributed by atoms with Crippen LogP contribution in [0.25, 0.3) is 10.8 Å². The molecule has 2 aromatic carbocycles. The van der Waals surface area contributed by atoms with E-state index < -0.39 is 5.97 Å². The van der Waals surface area contributed by atoms with Crippen molar-refractivity contribution in [1.29, 1.82) is 0 Å². The number of methoxy groups -OCH3 is 1. The highest BCUT2D eigenvalue weighted by Gasteiger charge is 2.19. The molecule has 0 saturated heterocycles. The van der Waals surface area contributed by atoms with Gasteiger partial charge in [-0.1, -0.05) is 23.2 Å². The molecule has 0 unspecified atom stereocenters. The molecule has 29 heavy (non-hydrogen) atoms. The maximum atomic E-state index is 12.7. The highest BCUT2D eigenvalue weighted by atomic mass is 35.5. The molecule has 0 bridgehead atoms. The van der Waals surface area contributed by atoms with Crippen molar-refractivity contribution < 1.29 is 14.3 Å². The normalized spacial score (nSPS) is 10.8. The van der Waals surface area contributed by atoms with E-state index in [1.807, 2.05) is 5.38 Å². The van der Waals surface area contributed by atoms with Crippen LogP contribution >= 0.6 is 34.5 Å². The van der Waals surface area contributed by atoms with E-state index in [4.69, 9.17) is 27.9 Å². The number of nitrogens with zero attached hydrogens (tertiary/aromatic N) is 3. The number of carbonyl (C=O) groups excluding carboxylic acids is 2. The van der Waals surface area contributed by atoms with E-state index in [1.54, 1.807) is 54.4 Å². The van der Waals surface area contributed by atoms with Crippen molar-refractivity contribution >= 4 is 62.9 Å².